The summed E-state index contributed by atoms with van der Waals surface area (Å²) in [5.74, 6) is 6.15. The third kappa shape index (κ3) is 7.12. The highest BCUT2D eigenvalue weighted by Gasteiger charge is 2.18. The second kappa shape index (κ2) is 12.7. The number of hydrogen-bond donors (Lipinski definition) is 1. The van der Waals surface area contributed by atoms with Gasteiger partial charge in [-0.3, -0.25) is 4.79 Å². The number of ether oxygens (including phenoxy) is 3. The summed E-state index contributed by atoms with van der Waals surface area (Å²) in [5.41, 5.74) is 4.44. The van der Waals surface area contributed by atoms with Crippen molar-refractivity contribution in [1.82, 2.24) is 5.43 Å². The van der Waals surface area contributed by atoms with Gasteiger partial charge in [-0.25, -0.2) is 5.43 Å². The Morgan fingerprint density at radius 2 is 1.94 bits per heavy atom. The van der Waals surface area contributed by atoms with Crippen LogP contribution in [0.25, 0.3) is 0 Å². The Morgan fingerprint density at radius 1 is 1.22 bits per heavy atom. The molecule has 3 rings (SSSR count). The molecule has 0 unspecified atom stereocenters. The monoisotopic (exact) mass is 534 g/mol. The van der Waals surface area contributed by atoms with Gasteiger partial charge in [0.05, 0.1) is 17.4 Å². The van der Waals surface area contributed by atoms with Gasteiger partial charge in [-0.1, -0.05) is 18.1 Å². The summed E-state index contributed by atoms with van der Waals surface area (Å²) in [6, 6.07) is 11.4. The molecule has 1 heterocycles. The fraction of sp³-hybridized carbons (Fsp3) is 0.304. The van der Waals surface area contributed by atoms with E-state index in [-0.39, 0.29) is 19.1 Å². The van der Waals surface area contributed by atoms with Gasteiger partial charge < -0.3 is 14.2 Å². The van der Waals surface area contributed by atoms with Crippen LogP contribution in [0.4, 0.5) is 0 Å². The Labute approximate surface area is 205 Å². The molecule has 0 aromatic heterocycles. The van der Waals surface area contributed by atoms with Gasteiger partial charge in [-0.2, -0.15) is 5.10 Å². The number of halogens is 1. The molecule has 0 saturated carbocycles. The Hall–Kier alpha value is -2.28. The lowest BCUT2D eigenvalue weighted by molar-refractivity contribution is -0.123. The number of amides is 1. The predicted octanol–water partition coefficient (Wildman–Crippen LogP) is 4.87. The Morgan fingerprint density at radius 3 is 2.62 bits per heavy atom. The van der Waals surface area contributed by atoms with Crippen molar-refractivity contribution in [3.63, 3.8) is 0 Å². The first-order valence-electron chi connectivity index (χ1n) is 9.91. The van der Waals surface area contributed by atoms with Crippen LogP contribution >= 0.6 is 39.5 Å². The fourth-order valence-corrected chi connectivity index (χ4v) is 6.06. The maximum absolute atomic E-state index is 12.1. The second-order valence-electron chi connectivity index (χ2n) is 6.47. The Balaban J connectivity index is 1.52. The summed E-state index contributed by atoms with van der Waals surface area (Å²) in [6.07, 6.45) is 6.77. The van der Waals surface area contributed by atoms with E-state index in [2.05, 4.69) is 32.4 Å². The largest absolute Gasteiger partial charge is 0.490 e. The van der Waals surface area contributed by atoms with E-state index in [1.807, 2.05) is 54.7 Å². The molecule has 0 radical (unpaired) electrons. The van der Waals surface area contributed by atoms with Gasteiger partial charge in [-0.15, -0.1) is 29.9 Å². The smallest absolute Gasteiger partial charge is 0.277 e. The van der Waals surface area contributed by atoms with E-state index in [0.717, 1.165) is 4.47 Å². The number of carbonyl (C=O) groups excluding carboxylic acids is 1. The first-order valence-corrected chi connectivity index (χ1v) is 12.8. The van der Waals surface area contributed by atoms with Crippen molar-refractivity contribution in [2.24, 2.45) is 5.10 Å². The van der Waals surface area contributed by atoms with Crippen molar-refractivity contribution in [2.75, 3.05) is 31.3 Å². The van der Waals surface area contributed by atoms with Crippen molar-refractivity contribution in [2.45, 2.75) is 11.5 Å². The number of hydrazone groups is 1. The zero-order chi connectivity index (χ0) is 22.8. The maximum atomic E-state index is 12.1. The molecule has 9 heteroatoms. The average molecular weight is 535 g/mol. The van der Waals surface area contributed by atoms with Gasteiger partial charge in [0.25, 0.3) is 5.91 Å². The van der Waals surface area contributed by atoms with Crippen LogP contribution < -0.4 is 19.6 Å². The van der Waals surface area contributed by atoms with Crippen LogP contribution in [0.5, 0.6) is 17.2 Å². The first-order chi connectivity index (χ1) is 15.6. The number of rotatable bonds is 10. The van der Waals surface area contributed by atoms with Crippen LogP contribution in [0.2, 0.25) is 0 Å². The van der Waals surface area contributed by atoms with E-state index < -0.39 is 0 Å². The molecule has 32 heavy (non-hydrogen) atoms. The molecule has 0 bridgehead atoms. The minimum absolute atomic E-state index is 0.131. The zero-order valence-electron chi connectivity index (χ0n) is 17.5. The molecule has 0 spiro atoms. The molecule has 0 atom stereocenters. The molecular formula is C23H23BrN2O4S2. The Bertz CT molecular complexity index is 987. The number of terminal acetylenes is 1. The lowest BCUT2D eigenvalue weighted by atomic mass is 10.2. The number of carbonyl (C=O) groups is 1. The number of hydrogen-bond acceptors (Lipinski definition) is 7. The highest BCUT2D eigenvalue weighted by Crippen LogP contribution is 2.45. The topological polar surface area (TPSA) is 69.2 Å². The average Bonchev–Trinajstić information content (AvgIpc) is 3.34. The van der Waals surface area contributed by atoms with E-state index in [1.165, 1.54) is 23.3 Å². The number of benzene rings is 2. The molecule has 0 aliphatic carbocycles. The normalized spacial score (nSPS) is 13.7. The van der Waals surface area contributed by atoms with Gasteiger partial charge >= 0.3 is 0 Å². The van der Waals surface area contributed by atoms with Crippen molar-refractivity contribution in [1.29, 1.82) is 0 Å². The van der Waals surface area contributed by atoms with Gasteiger partial charge in [0.1, 0.15) is 12.4 Å². The van der Waals surface area contributed by atoms with Gasteiger partial charge in [0.15, 0.2) is 18.1 Å². The maximum Gasteiger partial charge on any atom is 0.277 e. The molecule has 2 aromatic carbocycles. The van der Waals surface area contributed by atoms with Gasteiger partial charge in [0.2, 0.25) is 0 Å². The molecule has 1 aliphatic heterocycles. The van der Waals surface area contributed by atoms with E-state index in [4.69, 9.17) is 20.6 Å². The quantitative estimate of drug-likeness (QED) is 0.266. The molecule has 6 nitrogen and oxygen atoms in total. The summed E-state index contributed by atoms with van der Waals surface area (Å²) in [6.45, 7) is 2.35. The van der Waals surface area contributed by atoms with E-state index >= 15 is 0 Å². The van der Waals surface area contributed by atoms with Crippen LogP contribution in [0.15, 0.2) is 46.0 Å². The minimum atomic E-state index is -0.359. The lowest BCUT2D eigenvalue weighted by Crippen LogP contribution is -2.24. The summed E-state index contributed by atoms with van der Waals surface area (Å²) in [5, 5.41) is 4.01. The molecular weight excluding hydrogens is 512 g/mol. The van der Waals surface area contributed by atoms with Crippen molar-refractivity contribution < 1.29 is 19.0 Å². The van der Waals surface area contributed by atoms with Crippen LogP contribution in [-0.4, -0.2) is 43.4 Å². The zero-order valence-corrected chi connectivity index (χ0v) is 20.7. The van der Waals surface area contributed by atoms with Crippen LogP contribution in [0.1, 0.15) is 22.6 Å². The summed E-state index contributed by atoms with van der Waals surface area (Å²) in [4.78, 5) is 12.1. The van der Waals surface area contributed by atoms with Crippen LogP contribution in [0.3, 0.4) is 0 Å². The second-order valence-corrected chi connectivity index (χ2v) is 10.0. The van der Waals surface area contributed by atoms with Crippen molar-refractivity contribution in [3.05, 3.63) is 52.0 Å². The van der Waals surface area contributed by atoms with Gasteiger partial charge in [-0.05, 0) is 52.7 Å². The fourth-order valence-electron chi connectivity index (χ4n) is 2.78. The van der Waals surface area contributed by atoms with E-state index in [0.29, 0.717) is 34.0 Å². The lowest BCUT2D eigenvalue weighted by Gasteiger charge is -2.12. The van der Waals surface area contributed by atoms with Crippen molar-refractivity contribution in [3.8, 4) is 29.6 Å². The molecule has 1 aliphatic rings. The summed E-state index contributed by atoms with van der Waals surface area (Å²) < 4.78 is 17.9. The molecule has 1 saturated heterocycles. The minimum Gasteiger partial charge on any atom is -0.490 e. The van der Waals surface area contributed by atoms with E-state index in [9.17, 15) is 4.79 Å². The summed E-state index contributed by atoms with van der Waals surface area (Å²) >= 11 is 7.37. The van der Waals surface area contributed by atoms with Gasteiger partial charge in [0, 0.05) is 21.5 Å². The SMILES string of the molecule is C#CCOc1cc(Br)c(/C=N\NC(=O)COc2ccc(C3SCCS3)cc2)cc1OCC. The molecule has 2 aromatic rings. The van der Waals surface area contributed by atoms with Crippen LogP contribution in [0, 0.1) is 12.3 Å². The Kier molecular flexibility index (Phi) is 9.65. The molecule has 168 valence electrons. The standard InChI is InChI=1S/C23H23BrN2O4S2/c1-3-9-29-21-13-19(24)17(12-20(21)28-4-2)14-25-26-22(27)15-30-18-7-5-16(6-8-18)23-31-10-11-32-23/h1,5-8,12-14,23H,4,9-11,15H2,2H3,(H,26,27)/b25-14-. The van der Waals surface area contributed by atoms with Crippen LogP contribution in [-0.2, 0) is 4.79 Å². The van der Waals surface area contributed by atoms with E-state index in [1.54, 1.807) is 12.1 Å². The highest BCUT2D eigenvalue weighted by molar-refractivity contribution is 9.10. The molecule has 1 N–H and O–H groups in total. The molecule has 1 fully saturated rings. The highest BCUT2D eigenvalue weighted by atomic mass is 79.9. The summed E-state index contributed by atoms with van der Waals surface area (Å²) in [7, 11) is 0. The third-order valence-electron chi connectivity index (χ3n) is 4.21. The van der Waals surface area contributed by atoms with Crippen molar-refractivity contribution >= 4 is 51.6 Å². The predicted molar refractivity (Wildman–Crippen MR) is 135 cm³/mol. The first kappa shape index (κ1) is 24.4. The number of nitrogens with zero attached hydrogens (tertiary/aromatic N) is 1. The number of nitrogens with one attached hydrogen (secondary N) is 1. The third-order valence-corrected chi connectivity index (χ3v) is 8.00. The molecule has 1 amide bonds. The number of thioether (sulfide) groups is 2.